The molecule has 0 heterocycles. The molecule has 5 heteroatoms. The molecule has 0 fully saturated rings. The lowest BCUT2D eigenvalue weighted by molar-refractivity contribution is -0.121. The van der Waals surface area contributed by atoms with E-state index in [1.807, 2.05) is 13.0 Å². The number of carbonyl (C=O) groups excluding carboxylic acids is 2. The van der Waals surface area contributed by atoms with Crippen LogP contribution in [0.4, 0.5) is 0 Å². The van der Waals surface area contributed by atoms with Crippen molar-refractivity contribution in [3.8, 4) is 0 Å². The number of rotatable bonds is 8. The average molecular weight is 292 g/mol. The molecule has 0 bridgehead atoms. The Morgan fingerprint density at radius 3 is 2.52 bits per heavy atom. The summed E-state index contributed by atoms with van der Waals surface area (Å²) in [5.41, 5.74) is 0.569. The highest BCUT2D eigenvalue weighted by molar-refractivity contribution is 5.96. The standard InChI is InChI=1S/C16H24N2O3/c1-3-13(9-10-19)11-17-15(20)12-18(2)16(21)14-7-5-4-6-8-14/h4-8,13,19H,3,9-12H2,1-2H3,(H,17,20). The molecule has 2 amide bonds. The van der Waals surface area contributed by atoms with E-state index in [9.17, 15) is 9.59 Å². The first-order valence-corrected chi connectivity index (χ1v) is 7.26. The Bertz CT molecular complexity index is 448. The second-order valence-corrected chi connectivity index (χ2v) is 5.12. The summed E-state index contributed by atoms with van der Waals surface area (Å²) >= 11 is 0. The third kappa shape index (κ3) is 5.95. The van der Waals surface area contributed by atoms with Crippen LogP contribution in [0.5, 0.6) is 0 Å². The molecule has 1 rings (SSSR count). The van der Waals surface area contributed by atoms with Crippen LogP contribution in [-0.2, 0) is 4.79 Å². The number of likely N-dealkylation sites (N-methyl/N-ethyl adjacent to an activating group) is 1. The van der Waals surface area contributed by atoms with Crippen LogP contribution >= 0.6 is 0 Å². The van der Waals surface area contributed by atoms with Crippen LogP contribution in [0.1, 0.15) is 30.1 Å². The number of nitrogens with zero attached hydrogens (tertiary/aromatic N) is 1. The van der Waals surface area contributed by atoms with Gasteiger partial charge in [0.25, 0.3) is 5.91 Å². The van der Waals surface area contributed by atoms with Crippen LogP contribution in [0.15, 0.2) is 30.3 Å². The fourth-order valence-electron chi connectivity index (χ4n) is 2.04. The van der Waals surface area contributed by atoms with E-state index < -0.39 is 0 Å². The van der Waals surface area contributed by atoms with Gasteiger partial charge in [-0.1, -0.05) is 31.5 Å². The SMILES string of the molecule is CCC(CCO)CNC(=O)CN(C)C(=O)c1ccccc1. The Hall–Kier alpha value is -1.88. The maximum atomic E-state index is 12.1. The first-order chi connectivity index (χ1) is 10.1. The molecule has 2 N–H and O–H groups in total. The van der Waals surface area contributed by atoms with Crippen LogP contribution < -0.4 is 5.32 Å². The summed E-state index contributed by atoms with van der Waals surface area (Å²) in [5, 5.41) is 11.7. The van der Waals surface area contributed by atoms with Crippen molar-refractivity contribution >= 4 is 11.8 Å². The molecule has 0 aromatic heterocycles. The minimum absolute atomic E-state index is 0.0310. The first kappa shape index (κ1) is 17.2. The third-order valence-corrected chi connectivity index (χ3v) is 3.45. The van der Waals surface area contributed by atoms with Crippen molar-refractivity contribution in [2.24, 2.45) is 5.92 Å². The lowest BCUT2D eigenvalue weighted by Crippen LogP contribution is -2.40. The number of aliphatic hydroxyl groups excluding tert-OH is 1. The predicted octanol–water partition coefficient (Wildman–Crippen LogP) is 1.28. The molecule has 1 atom stereocenters. The van der Waals surface area contributed by atoms with E-state index >= 15 is 0 Å². The minimum atomic E-state index is -0.182. The van der Waals surface area contributed by atoms with E-state index in [4.69, 9.17) is 5.11 Å². The second-order valence-electron chi connectivity index (χ2n) is 5.12. The van der Waals surface area contributed by atoms with Crippen LogP contribution in [-0.4, -0.2) is 48.6 Å². The summed E-state index contributed by atoms with van der Waals surface area (Å²) in [7, 11) is 1.61. The van der Waals surface area contributed by atoms with Gasteiger partial charge in [-0.15, -0.1) is 0 Å². The number of nitrogens with one attached hydrogen (secondary N) is 1. The van der Waals surface area contributed by atoms with E-state index in [1.54, 1.807) is 31.3 Å². The van der Waals surface area contributed by atoms with E-state index in [0.29, 0.717) is 18.5 Å². The van der Waals surface area contributed by atoms with Gasteiger partial charge in [0.15, 0.2) is 0 Å². The summed E-state index contributed by atoms with van der Waals surface area (Å²) < 4.78 is 0. The summed E-state index contributed by atoms with van der Waals surface area (Å²) in [5.74, 6) is -0.0830. The van der Waals surface area contributed by atoms with Gasteiger partial charge in [-0.2, -0.15) is 0 Å². The van der Waals surface area contributed by atoms with Crippen molar-refractivity contribution in [3.05, 3.63) is 35.9 Å². The number of benzene rings is 1. The van der Waals surface area contributed by atoms with E-state index in [0.717, 1.165) is 6.42 Å². The van der Waals surface area contributed by atoms with Crippen LogP contribution in [0.2, 0.25) is 0 Å². The Balaban J connectivity index is 2.42. The van der Waals surface area contributed by atoms with Gasteiger partial charge in [-0.3, -0.25) is 9.59 Å². The maximum absolute atomic E-state index is 12.1. The Labute approximate surface area is 126 Å². The molecule has 1 aromatic carbocycles. The normalized spacial score (nSPS) is 11.8. The van der Waals surface area contributed by atoms with Crippen molar-refractivity contribution < 1.29 is 14.7 Å². The molecule has 0 radical (unpaired) electrons. The molecule has 1 unspecified atom stereocenters. The Morgan fingerprint density at radius 2 is 1.95 bits per heavy atom. The zero-order chi connectivity index (χ0) is 15.7. The fourth-order valence-corrected chi connectivity index (χ4v) is 2.04. The molecule has 0 aliphatic rings. The zero-order valence-corrected chi connectivity index (χ0v) is 12.7. The highest BCUT2D eigenvalue weighted by Gasteiger charge is 2.15. The largest absolute Gasteiger partial charge is 0.396 e. The van der Waals surface area contributed by atoms with Crippen molar-refractivity contribution in [3.63, 3.8) is 0 Å². The van der Waals surface area contributed by atoms with Gasteiger partial charge in [-0.25, -0.2) is 0 Å². The predicted molar refractivity (Wildman–Crippen MR) is 81.9 cm³/mol. The average Bonchev–Trinajstić information content (AvgIpc) is 2.51. The Morgan fingerprint density at radius 1 is 1.29 bits per heavy atom. The van der Waals surface area contributed by atoms with Gasteiger partial charge in [0, 0.05) is 25.8 Å². The molecular weight excluding hydrogens is 268 g/mol. The molecule has 0 aliphatic heterocycles. The molecule has 0 spiro atoms. The van der Waals surface area contributed by atoms with Gasteiger partial charge >= 0.3 is 0 Å². The topological polar surface area (TPSA) is 69.6 Å². The van der Waals surface area contributed by atoms with Crippen LogP contribution in [0.3, 0.4) is 0 Å². The molecule has 116 valence electrons. The smallest absolute Gasteiger partial charge is 0.254 e. The second kappa shape index (κ2) is 9.13. The first-order valence-electron chi connectivity index (χ1n) is 7.26. The summed E-state index contributed by atoms with van der Waals surface area (Å²) in [6.07, 6.45) is 1.58. The van der Waals surface area contributed by atoms with Gasteiger partial charge < -0.3 is 15.3 Å². The van der Waals surface area contributed by atoms with Gasteiger partial charge in [0.2, 0.25) is 5.91 Å². The summed E-state index contributed by atoms with van der Waals surface area (Å²) in [4.78, 5) is 25.3. The maximum Gasteiger partial charge on any atom is 0.254 e. The van der Waals surface area contributed by atoms with E-state index in [2.05, 4.69) is 5.32 Å². The highest BCUT2D eigenvalue weighted by Crippen LogP contribution is 2.06. The lowest BCUT2D eigenvalue weighted by Gasteiger charge is -2.19. The number of amides is 2. The molecule has 0 saturated carbocycles. The van der Waals surface area contributed by atoms with Crippen LogP contribution in [0.25, 0.3) is 0 Å². The molecule has 0 aliphatic carbocycles. The fraction of sp³-hybridized carbons (Fsp3) is 0.500. The number of hydrogen-bond acceptors (Lipinski definition) is 3. The van der Waals surface area contributed by atoms with Crippen molar-refractivity contribution in [1.82, 2.24) is 10.2 Å². The van der Waals surface area contributed by atoms with Crippen molar-refractivity contribution in [1.29, 1.82) is 0 Å². The van der Waals surface area contributed by atoms with E-state index in [1.165, 1.54) is 4.90 Å². The van der Waals surface area contributed by atoms with Gasteiger partial charge in [0.1, 0.15) is 0 Å². The highest BCUT2D eigenvalue weighted by atomic mass is 16.3. The molecular formula is C16H24N2O3. The lowest BCUT2D eigenvalue weighted by atomic mass is 10.0. The number of hydrogen-bond donors (Lipinski definition) is 2. The Kier molecular flexibility index (Phi) is 7.46. The summed E-state index contributed by atoms with van der Waals surface area (Å²) in [6.45, 7) is 2.71. The zero-order valence-electron chi connectivity index (χ0n) is 12.7. The van der Waals surface area contributed by atoms with Crippen molar-refractivity contribution in [2.45, 2.75) is 19.8 Å². The molecule has 0 saturated heterocycles. The number of carbonyl (C=O) groups is 2. The van der Waals surface area contributed by atoms with Gasteiger partial charge in [0.05, 0.1) is 6.54 Å². The molecule has 21 heavy (non-hydrogen) atoms. The molecule has 5 nitrogen and oxygen atoms in total. The third-order valence-electron chi connectivity index (χ3n) is 3.45. The van der Waals surface area contributed by atoms with Crippen molar-refractivity contribution in [2.75, 3.05) is 26.7 Å². The number of aliphatic hydroxyl groups is 1. The quantitative estimate of drug-likeness (QED) is 0.758. The molecule has 1 aromatic rings. The van der Waals surface area contributed by atoms with Crippen LogP contribution in [0, 0.1) is 5.92 Å². The van der Waals surface area contributed by atoms with Gasteiger partial charge in [-0.05, 0) is 24.5 Å². The summed E-state index contributed by atoms with van der Waals surface area (Å²) in [6, 6.07) is 8.88. The minimum Gasteiger partial charge on any atom is -0.396 e. The monoisotopic (exact) mass is 292 g/mol. The van der Waals surface area contributed by atoms with E-state index in [-0.39, 0.29) is 30.9 Å².